The fourth-order valence-corrected chi connectivity index (χ4v) is 5.08. The fourth-order valence-electron chi connectivity index (χ4n) is 1.09. The van der Waals surface area contributed by atoms with Crippen molar-refractivity contribution in [2.45, 2.75) is 12.0 Å². The molecule has 0 rings (SSSR count). The Morgan fingerprint density at radius 1 is 0.593 bits per heavy atom. The first-order chi connectivity index (χ1) is 11.3. The van der Waals surface area contributed by atoms with Crippen LogP contribution in [-0.4, -0.2) is 82.9 Å². The molecule has 0 atom stereocenters. The van der Waals surface area contributed by atoms with Crippen LogP contribution in [0.4, 0.5) is 0 Å². The van der Waals surface area contributed by atoms with Crippen molar-refractivity contribution >= 4 is 38.0 Å². The minimum atomic E-state index is -5.20. The third-order valence-electron chi connectivity index (χ3n) is 2.26. The van der Waals surface area contributed by atoms with Crippen LogP contribution in [0.3, 0.4) is 0 Å². The summed E-state index contributed by atoms with van der Waals surface area (Å²) in [7, 11) is -24.4. The van der Waals surface area contributed by atoms with Crippen LogP contribution in [-0.2, 0) is 22.8 Å². The van der Waals surface area contributed by atoms with Gasteiger partial charge in [0.25, 0.3) is 5.08 Å². The SMILES string of the molecule is CC(O)(P(=O)(O)O)P(=O)(O)O.O=P(O)(O)CN(CP(=O)(O)O)CP(=O)(O)O. The number of rotatable bonds is 8. The predicted octanol–water partition coefficient (Wildman–Crippen LogP) is -2.30. The summed E-state index contributed by atoms with van der Waals surface area (Å²) >= 11 is 0. The molecule has 0 aliphatic rings. The van der Waals surface area contributed by atoms with E-state index in [1.807, 2.05) is 0 Å². The summed E-state index contributed by atoms with van der Waals surface area (Å²) in [5.41, 5.74) is 0. The van der Waals surface area contributed by atoms with Gasteiger partial charge in [-0.3, -0.25) is 27.7 Å². The highest BCUT2D eigenvalue weighted by molar-refractivity contribution is 7.71. The summed E-state index contributed by atoms with van der Waals surface area (Å²) < 4.78 is 52.2. The molecular formula is C5H20NO16P5. The molecule has 0 aromatic carbocycles. The van der Waals surface area contributed by atoms with E-state index in [2.05, 4.69) is 0 Å². The lowest BCUT2D eigenvalue weighted by Crippen LogP contribution is -2.27. The molecule has 0 aromatic rings. The van der Waals surface area contributed by atoms with E-state index in [9.17, 15) is 22.8 Å². The number of aliphatic hydroxyl groups is 1. The molecule has 0 aromatic heterocycles. The molecule has 27 heavy (non-hydrogen) atoms. The third kappa shape index (κ3) is 14.3. The Hall–Kier alpha value is 0.670. The summed E-state index contributed by atoms with van der Waals surface area (Å²) in [5, 5.41) is 5.37. The molecule has 0 fully saturated rings. The van der Waals surface area contributed by atoms with E-state index < -0.39 is 61.9 Å². The zero-order chi connectivity index (χ0) is 22.7. The van der Waals surface area contributed by atoms with Gasteiger partial charge in [-0.25, -0.2) is 0 Å². The van der Waals surface area contributed by atoms with Gasteiger partial charge in [-0.1, -0.05) is 0 Å². The lowest BCUT2D eigenvalue weighted by atomic mass is 10.9. The quantitative estimate of drug-likeness (QED) is 0.155. The topological polar surface area (TPSA) is 311 Å². The van der Waals surface area contributed by atoms with Gasteiger partial charge in [0.15, 0.2) is 0 Å². The molecule has 0 spiro atoms. The van der Waals surface area contributed by atoms with Gasteiger partial charge in [-0.15, -0.1) is 0 Å². The molecule has 0 saturated heterocycles. The zero-order valence-electron chi connectivity index (χ0n) is 13.3. The lowest BCUT2D eigenvalue weighted by molar-refractivity contribution is 0.146. The molecule has 0 radical (unpaired) electrons. The van der Waals surface area contributed by atoms with Crippen LogP contribution in [0.2, 0.25) is 0 Å². The number of nitrogens with zero attached hydrogens (tertiary/aromatic N) is 1. The average molecular weight is 505 g/mol. The standard InChI is InChI=1S/C3H12NO9P3.C2H8O7P2/c5-14(6,7)1-4(2-15(8,9)10)3-16(11,12)13;1-2(3,10(4,5)6)11(7,8)9/h1-3H2,(H2,5,6,7)(H2,8,9,10)(H2,11,12,13);3H,1H3,(H2,4,5,6)(H2,7,8,9). The molecular weight excluding hydrogens is 485 g/mol. The molecule has 0 amide bonds. The Morgan fingerprint density at radius 3 is 0.852 bits per heavy atom. The normalized spacial score (nSPS) is 14.7. The second kappa shape index (κ2) is 9.65. The van der Waals surface area contributed by atoms with Gasteiger partial charge in [0.05, 0.1) is 0 Å². The second-order valence-electron chi connectivity index (χ2n) is 5.15. The van der Waals surface area contributed by atoms with Crippen molar-refractivity contribution in [3.05, 3.63) is 0 Å². The molecule has 17 nitrogen and oxygen atoms in total. The fraction of sp³-hybridized carbons (Fsp3) is 1.00. The summed E-state index contributed by atoms with van der Waals surface area (Å²) in [5.74, 6) is 0. The summed E-state index contributed by atoms with van der Waals surface area (Å²) in [6.45, 7) is 0.383. The monoisotopic (exact) mass is 505 g/mol. The summed E-state index contributed by atoms with van der Waals surface area (Å²) in [6.07, 6.45) is -3.41. The predicted molar refractivity (Wildman–Crippen MR) is 87.3 cm³/mol. The Labute approximate surface area is 151 Å². The summed E-state index contributed by atoms with van der Waals surface area (Å²) in [6, 6.07) is 0. The molecule has 166 valence electrons. The van der Waals surface area contributed by atoms with Crippen molar-refractivity contribution < 1.29 is 76.9 Å². The highest BCUT2D eigenvalue weighted by Crippen LogP contribution is 2.66. The molecule has 0 unspecified atom stereocenters. The minimum Gasteiger partial charge on any atom is -0.368 e. The van der Waals surface area contributed by atoms with Gasteiger partial charge in [0.2, 0.25) is 0 Å². The highest BCUT2D eigenvalue weighted by atomic mass is 31.2. The molecule has 0 heterocycles. The van der Waals surface area contributed by atoms with Crippen LogP contribution in [0.5, 0.6) is 0 Å². The maximum atomic E-state index is 10.6. The van der Waals surface area contributed by atoms with E-state index >= 15 is 0 Å². The van der Waals surface area contributed by atoms with E-state index in [1.165, 1.54) is 0 Å². The van der Waals surface area contributed by atoms with Gasteiger partial charge < -0.3 is 54.0 Å². The number of hydrogen-bond acceptors (Lipinski definition) is 7. The van der Waals surface area contributed by atoms with E-state index in [-0.39, 0.29) is 0 Å². The van der Waals surface area contributed by atoms with Crippen LogP contribution in [0, 0.1) is 0 Å². The van der Waals surface area contributed by atoms with Crippen molar-refractivity contribution in [2.24, 2.45) is 0 Å². The Bertz CT molecular complexity index is 634. The van der Waals surface area contributed by atoms with Crippen molar-refractivity contribution in [2.75, 3.05) is 18.9 Å². The Kier molecular flexibility index (Phi) is 10.7. The first-order valence-corrected chi connectivity index (χ1v) is 14.6. The van der Waals surface area contributed by atoms with Crippen LogP contribution in [0.25, 0.3) is 0 Å². The molecule has 0 saturated carbocycles. The van der Waals surface area contributed by atoms with Gasteiger partial charge in [-0.2, -0.15) is 0 Å². The molecule has 0 aliphatic heterocycles. The van der Waals surface area contributed by atoms with Gasteiger partial charge >= 0.3 is 38.0 Å². The van der Waals surface area contributed by atoms with Crippen molar-refractivity contribution in [1.82, 2.24) is 4.90 Å². The van der Waals surface area contributed by atoms with Gasteiger partial charge in [0, 0.05) is 0 Å². The van der Waals surface area contributed by atoms with Crippen LogP contribution in [0.1, 0.15) is 6.92 Å². The first-order valence-electron chi connectivity index (χ1n) is 5.98. The van der Waals surface area contributed by atoms with Crippen molar-refractivity contribution in [3.63, 3.8) is 0 Å². The maximum absolute atomic E-state index is 10.6. The second-order valence-corrected chi connectivity index (χ2v) is 14.3. The Morgan fingerprint density at radius 2 is 0.778 bits per heavy atom. The molecule has 11 N–H and O–H groups in total. The average Bonchev–Trinajstić information content (AvgIpc) is 2.17. The van der Waals surface area contributed by atoms with E-state index in [1.54, 1.807) is 0 Å². The Balaban J connectivity index is 0. The molecule has 0 bridgehead atoms. The van der Waals surface area contributed by atoms with Crippen LogP contribution in [0.15, 0.2) is 0 Å². The van der Waals surface area contributed by atoms with Crippen molar-refractivity contribution in [3.8, 4) is 0 Å². The van der Waals surface area contributed by atoms with E-state index in [0.717, 1.165) is 0 Å². The number of hydrogen-bond donors (Lipinski definition) is 11. The summed E-state index contributed by atoms with van der Waals surface area (Å²) in [4.78, 5) is 84.6. The van der Waals surface area contributed by atoms with Gasteiger partial charge in [0.1, 0.15) is 18.9 Å². The largest absolute Gasteiger partial charge is 0.369 e. The minimum absolute atomic E-state index is 0.336. The van der Waals surface area contributed by atoms with Gasteiger partial charge in [-0.05, 0) is 6.92 Å². The maximum Gasteiger partial charge on any atom is 0.369 e. The van der Waals surface area contributed by atoms with E-state index in [0.29, 0.717) is 11.8 Å². The van der Waals surface area contributed by atoms with Crippen LogP contribution >= 0.6 is 38.0 Å². The van der Waals surface area contributed by atoms with Crippen molar-refractivity contribution in [1.29, 1.82) is 0 Å². The molecule has 0 aliphatic carbocycles. The smallest absolute Gasteiger partial charge is 0.368 e. The first kappa shape index (κ1) is 29.9. The molecule has 22 heteroatoms. The zero-order valence-corrected chi connectivity index (χ0v) is 17.7. The lowest BCUT2D eigenvalue weighted by Gasteiger charge is -2.24. The third-order valence-corrected chi connectivity index (χ3v) is 8.33. The highest BCUT2D eigenvalue weighted by Gasteiger charge is 2.55. The van der Waals surface area contributed by atoms with E-state index in [4.69, 9.17) is 54.0 Å². The van der Waals surface area contributed by atoms with Crippen LogP contribution < -0.4 is 0 Å².